The maximum atomic E-state index is 6.04. The van der Waals surface area contributed by atoms with Crippen LogP contribution in [0, 0.1) is 0 Å². The molecule has 0 unspecified atom stereocenters. The number of aryl methyl sites for hydroxylation is 2. The fourth-order valence-electron chi connectivity index (χ4n) is 3.83. The molecule has 31 heavy (non-hydrogen) atoms. The molecule has 8 heteroatoms. The molecule has 0 spiro atoms. The highest BCUT2D eigenvalue weighted by atomic mass is 16.5. The first kappa shape index (κ1) is 21.4. The molecule has 3 aromatic rings. The summed E-state index contributed by atoms with van der Waals surface area (Å²) in [5, 5.41) is 9.10. The minimum atomic E-state index is -0.0192. The van der Waals surface area contributed by atoms with Crippen LogP contribution in [0.2, 0.25) is 0 Å². The van der Waals surface area contributed by atoms with Crippen LogP contribution in [0.15, 0.2) is 42.7 Å². The van der Waals surface area contributed by atoms with E-state index in [1.165, 1.54) is 5.56 Å². The number of morpholine rings is 1. The van der Waals surface area contributed by atoms with Crippen LogP contribution < -0.4 is 9.47 Å². The van der Waals surface area contributed by atoms with Crippen molar-refractivity contribution < 1.29 is 14.2 Å². The second-order valence-corrected chi connectivity index (χ2v) is 7.76. The van der Waals surface area contributed by atoms with E-state index in [1.54, 1.807) is 7.11 Å². The summed E-state index contributed by atoms with van der Waals surface area (Å²) < 4.78 is 21.1. The first-order valence-corrected chi connectivity index (χ1v) is 10.8. The summed E-state index contributed by atoms with van der Waals surface area (Å²) in [6, 6.07) is 9.80. The molecule has 8 nitrogen and oxygen atoms in total. The van der Waals surface area contributed by atoms with Crippen molar-refractivity contribution in [3.8, 4) is 11.5 Å². The lowest BCUT2D eigenvalue weighted by Gasteiger charge is -2.31. The SMILES string of the molecule is CCn1cc(CN2CCO[C@H](c3cc(CCOc4cccc(OC)c4)n(C)n3)C2)cn1. The lowest BCUT2D eigenvalue weighted by molar-refractivity contribution is -0.0352. The fraction of sp³-hybridized carbons (Fsp3) is 0.478. The Morgan fingerprint density at radius 1 is 1.23 bits per heavy atom. The highest BCUT2D eigenvalue weighted by Gasteiger charge is 2.25. The van der Waals surface area contributed by atoms with Crippen molar-refractivity contribution in [1.82, 2.24) is 24.5 Å². The number of ether oxygens (including phenoxy) is 3. The Morgan fingerprint density at radius 2 is 2.10 bits per heavy atom. The number of methoxy groups -OCH3 is 1. The first-order chi connectivity index (χ1) is 15.1. The van der Waals surface area contributed by atoms with Crippen LogP contribution in [-0.4, -0.2) is 57.9 Å². The minimum absolute atomic E-state index is 0.0192. The molecule has 1 aromatic carbocycles. The third-order valence-corrected chi connectivity index (χ3v) is 5.56. The smallest absolute Gasteiger partial charge is 0.123 e. The second kappa shape index (κ2) is 9.98. The average molecular weight is 426 g/mol. The monoisotopic (exact) mass is 425 g/mol. The third-order valence-electron chi connectivity index (χ3n) is 5.56. The van der Waals surface area contributed by atoms with Gasteiger partial charge >= 0.3 is 0 Å². The van der Waals surface area contributed by atoms with Gasteiger partial charge in [0.15, 0.2) is 0 Å². The van der Waals surface area contributed by atoms with E-state index in [9.17, 15) is 0 Å². The molecule has 0 aliphatic carbocycles. The molecule has 1 fully saturated rings. The van der Waals surface area contributed by atoms with Crippen LogP contribution in [0.5, 0.6) is 11.5 Å². The zero-order valence-electron chi connectivity index (χ0n) is 18.5. The molecule has 1 aliphatic heterocycles. The Morgan fingerprint density at radius 3 is 2.90 bits per heavy atom. The largest absolute Gasteiger partial charge is 0.497 e. The highest BCUT2D eigenvalue weighted by molar-refractivity contribution is 5.32. The Kier molecular flexibility index (Phi) is 6.89. The van der Waals surface area contributed by atoms with Crippen molar-refractivity contribution in [2.75, 3.05) is 33.4 Å². The molecule has 0 radical (unpaired) electrons. The van der Waals surface area contributed by atoms with Crippen molar-refractivity contribution in [2.24, 2.45) is 7.05 Å². The maximum Gasteiger partial charge on any atom is 0.123 e. The van der Waals surface area contributed by atoms with Crippen molar-refractivity contribution in [3.05, 3.63) is 59.7 Å². The van der Waals surface area contributed by atoms with E-state index in [0.717, 1.165) is 55.5 Å². The average Bonchev–Trinajstić information content (AvgIpc) is 3.40. The van der Waals surface area contributed by atoms with Gasteiger partial charge in [-0.1, -0.05) is 6.07 Å². The van der Waals surface area contributed by atoms with Crippen LogP contribution in [0.25, 0.3) is 0 Å². The lowest BCUT2D eigenvalue weighted by Crippen LogP contribution is -2.37. The van der Waals surface area contributed by atoms with Gasteiger partial charge in [0.2, 0.25) is 0 Å². The molecule has 166 valence electrons. The van der Waals surface area contributed by atoms with E-state index in [0.29, 0.717) is 13.2 Å². The van der Waals surface area contributed by atoms with Crippen LogP contribution in [-0.2, 0) is 31.3 Å². The van der Waals surface area contributed by atoms with Crippen molar-refractivity contribution in [3.63, 3.8) is 0 Å². The second-order valence-electron chi connectivity index (χ2n) is 7.76. The van der Waals surface area contributed by atoms with Gasteiger partial charge in [-0.3, -0.25) is 14.3 Å². The van der Waals surface area contributed by atoms with Gasteiger partial charge in [0.1, 0.15) is 17.6 Å². The zero-order valence-corrected chi connectivity index (χ0v) is 18.5. The Labute approximate surface area is 183 Å². The van der Waals surface area contributed by atoms with E-state index in [4.69, 9.17) is 19.3 Å². The molecule has 3 heterocycles. The topological polar surface area (TPSA) is 66.6 Å². The quantitative estimate of drug-likeness (QED) is 0.525. The first-order valence-electron chi connectivity index (χ1n) is 10.8. The predicted molar refractivity (Wildman–Crippen MR) is 117 cm³/mol. The lowest BCUT2D eigenvalue weighted by atomic mass is 10.1. The molecular weight excluding hydrogens is 394 g/mol. The fourth-order valence-corrected chi connectivity index (χ4v) is 3.83. The highest BCUT2D eigenvalue weighted by Crippen LogP contribution is 2.24. The molecule has 1 saturated heterocycles. The molecule has 0 bridgehead atoms. The molecule has 4 rings (SSSR count). The van der Waals surface area contributed by atoms with Crippen molar-refractivity contribution in [1.29, 1.82) is 0 Å². The molecule has 0 amide bonds. The molecule has 1 aliphatic rings. The standard InChI is InChI=1S/C23H31N5O3/c1-4-28-16-18(14-24-28)15-27-9-11-31-23(17-27)22-12-19(26(2)25-22)8-10-30-21-7-5-6-20(13-21)29-3/h5-7,12-14,16,23H,4,8-11,15,17H2,1-3H3/t23-/m0/s1. The summed E-state index contributed by atoms with van der Waals surface area (Å²) >= 11 is 0. The van der Waals surface area contributed by atoms with E-state index in [1.807, 2.05) is 46.9 Å². The van der Waals surface area contributed by atoms with Crippen LogP contribution in [0.4, 0.5) is 0 Å². The number of aromatic nitrogens is 4. The number of hydrogen-bond donors (Lipinski definition) is 0. The van der Waals surface area contributed by atoms with Gasteiger partial charge in [-0.2, -0.15) is 10.2 Å². The van der Waals surface area contributed by atoms with Crippen molar-refractivity contribution >= 4 is 0 Å². The van der Waals surface area contributed by atoms with Crippen molar-refractivity contribution in [2.45, 2.75) is 32.5 Å². The summed E-state index contributed by atoms with van der Waals surface area (Å²) in [5.74, 6) is 1.60. The number of nitrogens with zero attached hydrogens (tertiary/aromatic N) is 5. The zero-order chi connectivity index (χ0) is 21.6. The normalized spacial score (nSPS) is 17.1. The van der Waals surface area contributed by atoms with E-state index >= 15 is 0 Å². The summed E-state index contributed by atoms with van der Waals surface area (Å²) in [7, 11) is 3.63. The van der Waals surface area contributed by atoms with E-state index < -0.39 is 0 Å². The predicted octanol–water partition coefficient (Wildman–Crippen LogP) is 2.84. The molecule has 0 N–H and O–H groups in total. The van der Waals surface area contributed by atoms with E-state index in [-0.39, 0.29) is 6.10 Å². The number of benzene rings is 1. The van der Waals surface area contributed by atoms with Gasteiger partial charge in [0, 0.05) is 63.2 Å². The van der Waals surface area contributed by atoms with Crippen LogP contribution >= 0.6 is 0 Å². The maximum absolute atomic E-state index is 6.04. The van der Waals surface area contributed by atoms with Crippen LogP contribution in [0.1, 0.15) is 30.0 Å². The third kappa shape index (κ3) is 5.45. The minimum Gasteiger partial charge on any atom is -0.497 e. The van der Waals surface area contributed by atoms with Gasteiger partial charge in [-0.15, -0.1) is 0 Å². The Balaban J connectivity index is 1.32. The Hall–Kier alpha value is -2.84. The van der Waals surface area contributed by atoms with Crippen LogP contribution in [0.3, 0.4) is 0 Å². The molecule has 1 atom stereocenters. The molecule has 2 aromatic heterocycles. The van der Waals surface area contributed by atoms with Gasteiger partial charge in [0.05, 0.1) is 32.2 Å². The Bertz CT molecular complexity index is 983. The molecular formula is C23H31N5O3. The van der Waals surface area contributed by atoms with Gasteiger partial charge in [-0.25, -0.2) is 0 Å². The number of hydrogen-bond acceptors (Lipinski definition) is 6. The summed E-state index contributed by atoms with van der Waals surface area (Å²) in [6.07, 6.45) is 4.82. The van der Waals surface area contributed by atoms with E-state index in [2.05, 4.69) is 29.2 Å². The summed E-state index contributed by atoms with van der Waals surface area (Å²) in [6.45, 7) is 6.90. The van der Waals surface area contributed by atoms with Gasteiger partial charge in [-0.05, 0) is 25.1 Å². The van der Waals surface area contributed by atoms with Gasteiger partial charge < -0.3 is 14.2 Å². The molecule has 0 saturated carbocycles. The summed E-state index contributed by atoms with van der Waals surface area (Å²) in [4.78, 5) is 2.41. The number of rotatable bonds is 9. The summed E-state index contributed by atoms with van der Waals surface area (Å²) in [5.41, 5.74) is 3.34. The van der Waals surface area contributed by atoms with Gasteiger partial charge in [0.25, 0.3) is 0 Å².